The standard InChI is InChI=1S/C15H16N2O3S2/c18-13(17-8-4-3-6-11(17)14(19)20)9-21-15-16-10-5-1-2-7-12(10)22-15/h1-2,5,7,11H,3-4,6,8-9H2,(H,19,20)/t11-/m1/s1. The number of carbonyl (C=O) groups is 2. The number of likely N-dealkylation sites (tertiary alicyclic amines) is 1. The highest BCUT2D eigenvalue weighted by Crippen LogP contribution is 2.30. The van der Waals surface area contributed by atoms with Crippen molar-refractivity contribution in [2.75, 3.05) is 12.3 Å². The molecular formula is C15H16N2O3S2. The maximum Gasteiger partial charge on any atom is 0.326 e. The molecule has 1 atom stereocenters. The Kier molecular flexibility index (Phi) is 4.63. The van der Waals surface area contributed by atoms with Gasteiger partial charge in [0.2, 0.25) is 5.91 Å². The monoisotopic (exact) mass is 336 g/mol. The minimum absolute atomic E-state index is 0.114. The van der Waals surface area contributed by atoms with Crippen LogP contribution in [0.3, 0.4) is 0 Å². The first-order chi connectivity index (χ1) is 10.6. The van der Waals surface area contributed by atoms with Crippen LogP contribution in [0.15, 0.2) is 28.6 Å². The first kappa shape index (κ1) is 15.3. The minimum Gasteiger partial charge on any atom is -0.480 e. The fourth-order valence-electron chi connectivity index (χ4n) is 2.61. The van der Waals surface area contributed by atoms with Crippen molar-refractivity contribution in [3.63, 3.8) is 0 Å². The van der Waals surface area contributed by atoms with E-state index >= 15 is 0 Å². The molecule has 1 aromatic heterocycles. The molecule has 116 valence electrons. The van der Waals surface area contributed by atoms with E-state index in [1.54, 1.807) is 11.3 Å². The number of carboxylic acid groups (broad SMARTS) is 1. The number of aromatic nitrogens is 1. The van der Waals surface area contributed by atoms with Crippen molar-refractivity contribution in [2.45, 2.75) is 29.6 Å². The molecule has 1 saturated heterocycles. The van der Waals surface area contributed by atoms with Gasteiger partial charge in [0.15, 0.2) is 4.34 Å². The molecule has 0 bridgehead atoms. The first-order valence-electron chi connectivity index (χ1n) is 7.16. The quantitative estimate of drug-likeness (QED) is 0.869. The number of thioether (sulfide) groups is 1. The molecule has 0 spiro atoms. The van der Waals surface area contributed by atoms with Crippen LogP contribution in [-0.4, -0.2) is 45.2 Å². The largest absolute Gasteiger partial charge is 0.480 e. The number of aliphatic carboxylic acids is 1. The Labute approximate surface area is 136 Å². The topological polar surface area (TPSA) is 70.5 Å². The number of carboxylic acids is 1. The Morgan fingerprint density at radius 3 is 2.95 bits per heavy atom. The van der Waals surface area contributed by atoms with E-state index in [-0.39, 0.29) is 11.7 Å². The summed E-state index contributed by atoms with van der Waals surface area (Å²) in [5.74, 6) is -0.779. The van der Waals surface area contributed by atoms with Crippen LogP contribution in [0.4, 0.5) is 0 Å². The lowest BCUT2D eigenvalue weighted by Crippen LogP contribution is -2.48. The molecule has 7 heteroatoms. The van der Waals surface area contributed by atoms with Crippen LogP contribution >= 0.6 is 23.1 Å². The summed E-state index contributed by atoms with van der Waals surface area (Å²) in [6, 6.07) is 7.18. The number of hydrogen-bond donors (Lipinski definition) is 1. The van der Waals surface area contributed by atoms with Crippen LogP contribution < -0.4 is 0 Å². The van der Waals surface area contributed by atoms with Gasteiger partial charge < -0.3 is 10.0 Å². The van der Waals surface area contributed by atoms with Gasteiger partial charge in [0.25, 0.3) is 0 Å². The Balaban J connectivity index is 1.64. The summed E-state index contributed by atoms with van der Waals surface area (Å²) >= 11 is 2.94. The molecule has 5 nitrogen and oxygen atoms in total. The van der Waals surface area contributed by atoms with Crippen LogP contribution in [0.5, 0.6) is 0 Å². The van der Waals surface area contributed by atoms with E-state index in [1.807, 2.05) is 24.3 Å². The fourth-order valence-corrected chi connectivity index (χ4v) is 4.56. The van der Waals surface area contributed by atoms with Crippen molar-refractivity contribution >= 4 is 45.2 Å². The third kappa shape index (κ3) is 3.25. The number of fused-ring (bicyclic) bond motifs is 1. The SMILES string of the molecule is O=C(O)[C@H]1CCCCN1C(=O)CSc1nc2ccccc2s1. The number of rotatable bonds is 4. The molecule has 1 amide bonds. The molecule has 22 heavy (non-hydrogen) atoms. The van der Waals surface area contributed by atoms with E-state index in [0.717, 1.165) is 27.4 Å². The van der Waals surface area contributed by atoms with Gasteiger partial charge in [0.1, 0.15) is 6.04 Å². The van der Waals surface area contributed by atoms with Crippen molar-refractivity contribution < 1.29 is 14.7 Å². The zero-order valence-corrected chi connectivity index (χ0v) is 13.5. The number of carbonyl (C=O) groups excluding carboxylic acids is 1. The molecule has 2 aromatic rings. The van der Waals surface area contributed by atoms with E-state index in [1.165, 1.54) is 16.7 Å². The van der Waals surface area contributed by atoms with Gasteiger partial charge in [-0.15, -0.1) is 11.3 Å². The second-order valence-electron chi connectivity index (χ2n) is 5.17. The van der Waals surface area contributed by atoms with E-state index in [2.05, 4.69) is 4.98 Å². The van der Waals surface area contributed by atoms with Crippen LogP contribution in [0, 0.1) is 0 Å². The molecule has 1 fully saturated rings. The van der Waals surface area contributed by atoms with Gasteiger partial charge in [-0.25, -0.2) is 9.78 Å². The molecule has 0 radical (unpaired) electrons. The fraction of sp³-hybridized carbons (Fsp3) is 0.400. The zero-order chi connectivity index (χ0) is 15.5. The highest BCUT2D eigenvalue weighted by molar-refractivity contribution is 8.01. The number of piperidine rings is 1. The number of hydrogen-bond acceptors (Lipinski definition) is 5. The molecule has 1 aliphatic rings. The Morgan fingerprint density at radius 2 is 2.18 bits per heavy atom. The van der Waals surface area contributed by atoms with Crippen LogP contribution in [0.1, 0.15) is 19.3 Å². The van der Waals surface area contributed by atoms with E-state index < -0.39 is 12.0 Å². The molecule has 1 aliphatic heterocycles. The first-order valence-corrected chi connectivity index (χ1v) is 8.96. The maximum atomic E-state index is 12.3. The smallest absolute Gasteiger partial charge is 0.326 e. The third-order valence-electron chi connectivity index (χ3n) is 3.70. The number of thiazole rings is 1. The highest BCUT2D eigenvalue weighted by Gasteiger charge is 2.31. The summed E-state index contributed by atoms with van der Waals surface area (Å²) in [6.45, 7) is 0.538. The lowest BCUT2D eigenvalue weighted by atomic mass is 10.0. The van der Waals surface area contributed by atoms with Gasteiger partial charge in [-0.2, -0.15) is 0 Å². The second kappa shape index (κ2) is 6.66. The molecule has 0 aliphatic carbocycles. The predicted molar refractivity (Wildman–Crippen MR) is 87.3 cm³/mol. The molecule has 2 heterocycles. The molecule has 0 unspecified atom stereocenters. The maximum absolute atomic E-state index is 12.3. The van der Waals surface area contributed by atoms with E-state index in [4.69, 9.17) is 0 Å². The lowest BCUT2D eigenvalue weighted by molar-refractivity contribution is -0.150. The Bertz CT molecular complexity index is 668. The average Bonchev–Trinajstić information content (AvgIpc) is 2.95. The van der Waals surface area contributed by atoms with E-state index in [0.29, 0.717) is 13.0 Å². The van der Waals surface area contributed by atoms with Crippen LogP contribution in [-0.2, 0) is 9.59 Å². The van der Waals surface area contributed by atoms with Gasteiger partial charge in [0.05, 0.1) is 16.0 Å². The van der Waals surface area contributed by atoms with Gasteiger partial charge in [-0.05, 0) is 31.4 Å². The lowest BCUT2D eigenvalue weighted by Gasteiger charge is -2.32. The third-order valence-corrected chi connectivity index (χ3v) is 5.87. The number of para-hydroxylation sites is 1. The summed E-state index contributed by atoms with van der Waals surface area (Å²) in [5.41, 5.74) is 0.934. The zero-order valence-electron chi connectivity index (χ0n) is 11.9. The van der Waals surface area contributed by atoms with Gasteiger partial charge in [-0.3, -0.25) is 4.79 Å². The van der Waals surface area contributed by atoms with Crippen molar-refractivity contribution in [1.29, 1.82) is 0 Å². The van der Waals surface area contributed by atoms with Crippen molar-refractivity contribution in [1.82, 2.24) is 9.88 Å². The number of amides is 1. The summed E-state index contributed by atoms with van der Waals surface area (Å²) in [6.07, 6.45) is 2.29. The summed E-state index contributed by atoms with van der Waals surface area (Å²) < 4.78 is 1.94. The minimum atomic E-state index is -0.905. The highest BCUT2D eigenvalue weighted by atomic mass is 32.2. The van der Waals surface area contributed by atoms with Crippen LogP contribution in [0.25, 0.3) is 10.2 Å². The van der Waals surface area contributed by atoms with E-state index in [9.17, 15) is 14.7 Å². The number of nitrogens with zero attached hydrogens (tertiary/aromatic N) is 2. The molecule has 1 aromatic carbocycles. The van der Waals surface area contributed by atoms with Gasteiger partial charge in [0, 0.05) is 6.54 Å². The predicted octanol–water partition coefficient (Wildman–Crippen LogP) is 2.85. The molecular weight excluding hydrogens is 320 g/mol. The van der Waals surface area contributed by atoms with Gasteiger partial charge >= 0.3 is 5.97 Å². The molecule has 1 N–H and O–H groups in total. The van der Waals surface area contributed by atoms with Crippen molar-refractivity contribution in [3.05, 3.63) is 24.3 Å². The summed E-state index contributed by atoms with van der Waals surface area (Å²) in [5, 5.41) is 9.23. The van der Waals surface area contributed by atoms with Crippen molar-refractivity contribution in [3.8, 4) is 0 Å². The summed E-state index contributed by atoms with van der Waals surface area (Å²) in [4.78, 5) is 29.6. The molecule has 0 saturated carbocycles. The van der Waals surface area contributed by atoms with Gasteiger partial charge in [-0.1, -0.05) is 23.9 Å². The van der Waals surface area contributed by atoms with Crippen LogP contribution in [0.2, 0.25) is 0 Å². The van der Waals surface area contributed by atoms with Crippen molar-refractivity contribution in [2.24, 2.45) is 0 Å². The Morgan fingerprint density at radius 1 is 1.36 bits per heavy atom. The Hall–Kier alpha value is -1.60. The summed E-state index contributed by atoms with van der Waals surface area (Å²) in [7, 11) is 0. The number of benzene rings is 1. The normalized spacial score (nSPS) is 18.5. The average molecular weight is 336 g/mol. The molecule has 3 rings (SSSR count). The second-order valence-corrected chi connectivity index (χ2v) is 7.43.